The molecule has 2 aliphatic heterocycles. The zero-order valence-corrected chi connectivity index (χ0v) is 13.1. The molecule has 0 spiro atoms. The third kappa shape index (κ3) is 2.45. The molecule has 0 radical (unpaired) electrons. The fourth-order valence-electron chi connectivity index (χ4n) is 3.95. The topological polar surface area (TPSA) is 74.8 Å². The summed E-state index contributed by atoms with van der Waals surface area (Å²) >= 11 is 0. The van der Waals surface area contributed by atoms with E-state index in [1.54, 1.807) is 11.8 Å². The lowest BCUT2D eigenvalue weighted by atomic mass is 9.84. The molecule has 21 heavy (non-hydrogen) atoms. The molecular weight excluding hydrogens is 292 g/mol. The third-order valence-corrected chi connectivity index (χ3v) is 6.84. The Bertz CT molecular complexity index is 559. The highest BCUT2D eigenvalue weighted by Gasteiger charge is 2.55. The van der Waals surface area contributed by atoms with Crippen molar-refractivity contribution in [2.45, 2.75) is 51.1 Å². The Labute approximate surface area is 125 Å². The molecule has 0 bridgehead atoms. The summed E-state index contributed by atoms with van der Waals surface area (Å²) in [5, 5.41) is 0. The summed E-state index contributed by atoms with van der Waals surface area (Å²) in [7, 11) is -3.17. The van der Waals surface area contributed by atoms with Crippen LogP contribution in [-0.2, 0) is 14.6 Å². The molecule has 118 valence electrons. The third-order valence-electron chi connectivity index (χ3n) is 5.16. The fourth-order valence-corrected chi connectivity index (χ4v) is 4.70. The van der Waals surface area contributed by atoms with Crippen molar-refractivity contribution in [2.75, 3.05) is 18.1 Å². The molecule has 2 heterocycles. The monoisotopic (exact) mass is 314 g/mol. The van der Waals surface area contributed by atoms with E-state index in [-0.39, 0.29) is 42.1 Å². The first-order chi connectivity index (χ1) is 9.94. The Morgan fingerprint density at radius 2 is 1.90 bits per heavy atom. The molecule has 1 saturated carbocycles. The minimum Gasteiger partial charge on any atom is -0.309 e. The van der Waals surface area contributed by atoms with E-state index in [2.05, 4.69) is 0 Å². The first-order valence-corrected chi connectivity index (χ1v) is 9.61. The van der Waals surface area contributed by atoms with E-state index in [0.717, 1.165) is 30.6 Å². The predicted molar refractivity (Wildman–Crippen MR) is 77.4 cm³/mol. The molecule has 1 aliphatic carbocycles. The summed E-state index contributed by atoms with van der Waals surface area (Å²) in [4.78, 5) is 27.8. The highest BCUT2D eigenvalue weighted by molar-refractivity contribution is 7.91. The molecule has 7 heteroatoms. The van der Waals surface area contributed by atoms with Crippen molar-refractivity contribution < 1.29 is 18.0 Å². The maximum absolute atomic E-state index is 12.5. The van der Waals surface area contributed by atoms with Crippen LogP contribution in [0, 0.1) is 5.92 Å². The first-order valence-electron chi connectivity index (χ1n) is 7.78. The summed E-state index contributed by atoms with van der Waals surface area (Å²) in [6.07, 6.45) is 5.12. The molecule has 6 nitrogen and oxygen atoms in total. The highest BCUT2D eigenvalue weighted by Crippen LogP contribution is 2.43. The van der Waals surface area contributed by atoms with Gasteiger partial charge in [-0.15, -0.1) is 0 Å². The van der Waals surface area contributed by atoms with Crippen molar-refractivity contribution in [2.24, 2.45) is 5.92 Å². The Morgan fingerprint density at radius 3 is 2.62 bits per heavy atom. The van der Waals surface area contributed by atoms with Gasteiger partial charge in [-0.25, -0.2) is 13.2 Å². The molecule has 2 saturated heterocycles. The molecule has 3 atom stereocenters. The van der Waals surface area contributed by atoms with Crippen LogP contribution in [0.5, 0.6) is 0 Å². The van der Waals surface area contributed by atoms with Crippen LogP contribution in [-0.4, -0.2) is 60.3 Å². The minimum absolute atomic E-state index is 0.00176. The standard InChI is InChI=1S/C14H22N2O4S/c1-2-21(19,20)8-7-15-13(17)12-9-10-5-3-4-6-11(10)16(12)14(15)18/h10-12H,2-9H2,1H3. The van der Waals surface area contributed by atoms with Crippen LogP contribution in [0.1, 0.15) is 39.0 Å². The Hall–Kier alpha value is -1.11. The lowest BCUT2D eigenvalue weighted by molar-refractivity contribution is -0.127. The van der Waals surface area contributed by atoms with E-state index in [9.17, 15) is 18.0 Å². The van der Waals surface area contributed by atoms with Gasteiger partial charge < -0.3 is 4.90 Å². The average molecular weight is 314 g/mol. The van der Waals surface area contributed by atoms with Crippen LogP contribution < -0.4 is 0 Å². The van der Waals surface area contributed by atoms with Gasteiger partial charge in [-0.2, -0.15) is 0 Å². The number of carbonyl (C=O) groups is 2. The molecule has 0 N–H and O–H groups in total. The normalized spacial score (nSPS) is 32.5. The van der Waals surface area contributed by atoms with Crippen molar-refractivity contribution in [3.05, 3.63) is 0 Å². The van der Waals surface area contributed by atoms with Crippen molar-refractivity contribution in [1.29, 1.82) is 0 Å². The average Bonchev–Trinajstić information content (AvgIpc) is 2.95. The molecule has 3 fully saturated rings. The second-order valence-electron chi connectivity index (χ2n) is 6.28. The number of rotatable bonds is 4. The molecule has 3 amide bonds. The second-order valence-corrected chi connectivity index (χ2v) is 8.75. The number of amides is 3. The molecular formula is C14H22N2O4S. The van der Waals surface area contributed by atoms with E-state index in [0.29, 0.717) is 5.92 Å². The maximum Gasteiger partial charge on any atom is 0.327 e. The number of fused-ring (bicyclic) bond motifs is 3. The van der Waals surface area contributed by atoms with Gasteiger partial charge in [0, 0.05) is 18.3 Å². The smallest absolute Gasteiger partial charge is 0.309 e. The second kappa shape index (κ2) is 5.26. The van der Waals surface area contributed by atoms with Crippen LogP contribution in [0.2, 0.25) is 0 Å². The van der Waals surface area contributed by atoms with Crippen LogP contribution in [0.4, 0.5) is 4.79 Å². The molecule has 3 aliphatic rings. The zero-order valence-electron chi connectivity index (χ0n) is 12.3. The van der Waals surface area contributed by atoms with Crippen LogP contribution in [0.15, 0.2) is 0 Å². The fraction of sp³-hybridized carbons (Fsp3) is 0.857. The van der Waals surface area contributed by atoms with Crippen molar-refractivity contribution >= 4 is 21.8 Å². The van der Waals surface area contributed by atoms with E-state index in [1.807, 2.05) is 0 Å². The van der Waals surface area contributed by atoms with E-state index in [4.69, 9.17) is 0 Å². The molecule has 0 aromatic carbocycles. The number of hydrogen-bond donors (Lipinski definition) is 0. The lowest BCUT2D eigenvalue weighted by Crippen LogP contribution is -2.42. The highest BCUT2D eigenvalue weighted by atomic mass is 32.2. The quantitative estimate of drug-likeness (QED) is 0.726. The molecule has 3 unspecified atom stereocenters. The van der Waals surface area contributed by atoms with Crippen LogP contribution in [0.25, 0.3) is 0 Å². The minimum atomic E-state index is -3.17. The van der Waals surface area contributed by atoms with Gasteiger partial charge >= 0.3 is 6.03 Å². The number of urea groups is 1. The Morgan fingerprint density at radius 1 is 1.19 bits per heavy atom. The van der Waals surface area contributed by atoms with Gasteiger partial charge in [-0.05, 0) is 25.2 Å². The molecule has 0 aromatic heterocycles. The Balaban J connectivity index is 1.73. The van der Waals surface area contributed by atoms with Gasteiger partial charge in [0.05, 0.1) is 5.75 Å². The molecule has 3 rings (SSSR count). The number of sulfone groups is 1. The first kappa shape index (κ1) is 14.8. The number of hydrogen-bond acceptors (Lipinski definition) is 4. The Kier molecular flexibility index (Phi) is 3.71. The zero-order chi connectivity index (χ0) is 15.2. The van der Waals surface area contributed by atoms with Crippen LogP contribution in [0.3, 0.4) is 0 Å². The molecule has 0 aromatic rings. The van der Waals surface area contributed by atoms with E-state index >= 15 is 0 Å². The van der Waals surface area contributed by atoms with Crippen LogP contribution >= 0.6 is 0 Å². The van der Waals surface area contributed by atoms with E-state index in [1.165, 1.54) is 6.42 Å². The summed E-state index contributed by atoms with van der Waals surface area (Å²) in [6, 6.07) is -0.423. The van der Waals surface area contributed by atoms with Crippen molar-refractivity contribution in [3.63, 3.8) is 0 Å². The van der Waals surface area contributed by atoms with Gasteiger partial charge in [-0.3, -0.25) is 9.69 Å². The number of imide groups is 1. The van der Waals surface area contributed by atoms with Crippen molar-refractivity contribution in [1.82, 2.24) is 9.80 Å². The summed E-state index contributed by atoms with van der Waals surface area (Å²) in [5.74, 6) is 0.176. The SMILES string of the molecule is CCS(=O)(=O)CCN1C(=O)C2CC3CCCCC3N2C1=O. The summed E-state index contributed by atoms with van der Waals surface area (Å²) < 4.78 is 23.2. The van der Waals surface area contributed by atoms with Gasteiger partial charge in [0.25, 0.3) is 5.91 Å². The van der Waals surface area contributed by atoms with Gasteiger partial charge in [-0.1, -0.05) is 19.8 Å². The van der Waals surface area contributed by atoms with Gasteiger partial charge in [0.1, 0.15) is 6.04 Å². The van der Waals surface area contributed by atoms with E-state index < -0.39 is 9.84 Å². The lowest BCUT2D eigenvalue weighted by Gasteiger charge is -2.30. The summed E-state index contributed by atoms with van der Waals surface area (Å²) in [6.45, 7) is 1.58. The van der Waals surface area contributed by atoms with Gasteiger partial charge in [0.2, 0.25) is 0 Å². The van der Waals surface area contributed by atoms with Crippen molar-refractivity contribution in [3.8, 4) is 0 Å². The maximum atomic E-state index is 12.5. The number of carbonyl (C=O) groups excluding carboxylic acids is 2. The van der Waals surface area contributed by atoms with Gasteiger partial charge in [0.15, 0.2) is 9.84 Å². The largest absolute Gasteiger partial charge is 0.327 e. The predicted octanol–water partition coefficient (Wildman–Crippen LogP) is 1.02. The number of nitrogens with zero attached hydrogens (tertiary/aromatic N) is 2. The summed E-state index contributed by atoms with van der Waals surface area (Å²) in [5.41, 5.74) is 0.